The summed E-state index contributed by atoms with van der Waals surface area (Å²) in [7, 11) is 0. The highest BCUT2D eigenvalue weighted by atomic mass is 32.1. The highest BCUT2D eigenvalue weighted by Crippen LogP contribution is 2.32. The summed E-state index contributed by atoms with van der Waals surface area (Å²) in [5, 5.41) is 9.68. The fourth-order valence-electron chi connectivity index (χ4n) is 3.04. The number of nitrogens with one attached hydrogen (secondary N) is 3. The Labute approximate surface area is 153 Å². The third-order valence-corrected chi connectivity index (χ3v) is 4.61. The highest BCUT2D eigenvalue weighted by Gasteiger charge is 2.37. The van der Waals surface area contributed by atoms with Crippen molar-refractivity contribution >= 4 is 28.9 Å². The molecule has 3 rings (SSSR count). The van der Waals surface area contributed by atoms with Crippen molar-refractivity contribution in [3.05, 3.63) is 77.5 Å². The molecule has 5 heteroatoms. The van der Waals surface area contributed by atoms with E-state index in [0.717, 1.165) is 22.4 Å². The van der Waals surface area contributed by atoms with Crippen molar-refractivity contribution in [2.45, 2.75) is 19.9 Å². The van der Waals surface area contributed by atoms with Gasteiger partial charge in [-0.1, -0.05) is 48.5 Å². The lowest BCUT2D eigenvalue weighted by molar-refractivity contribution is -0.119. The van der Waals surface area contributed by atoms with Crippen LogP contribution in [0.2, 0.25) is 0 Å². The summed E-state index contributed by atoms with van der Waals surface area (Å²) in [4.78, 5) is 13.0. The number of carbonyl (C=O) groups is 1. The van der Waals surface area contributed by atoms with Crippen LogP contribution in [0.1, 0.15) is 22.7 Å². The zero-order valence-corrected chi connectivity index (χ0v) is 15.1. The molecule has 1 aliphatic heterocycles. The molecule has 0 radical (unpaired) electrons. The molecule has 1 aliphatic rings. The van der Waals surface area contributed by atoms with Crippen molar-refractivity contribution < 1.29 is 4.79 Å². The maximum Gasteiger partial charge on any atom is 0.235 e. The molecule has 0 unspecified atom stereocenters. The first kappa shape index (κ1) is 17.2. The fraction of sp³-hybridized carbons (Fsp3) is 0.200. The number of anilines is 1. The Morgan fingerprint density at radius 3 is 2.48 bits per heavy atom. The average molecular weight is 351 g/mol. The molecule has 0 spiro atoms. The van der Waals surface area contributed by atoms with E-state index in [2.05, 4.69) is 22.5 Å². The molecule has 1 heterocycles. The molecule has 3 N–H and O–H groups in total. The molecule has 1 amide bonds. The SMILES string of the molecule is C=C1NC(=S)N[C@@H](c2ccccc2C)[C@@H]1C(=O)Nc1ccc(C)cc1. The van der Waals surface area contributed by atoms with Crippen LogP contribution >= 0.6 is 12.2 Å². The van der Waals surface area contributed by atoms with Crippen LogP contribution in [0.25, 0.3) is 0 Å². The van der Waals surface area contributed by atoms with Crippen molar-refractivity contribution in [2.75, 3.05) is 5.32 Å². The summed E-state index contributed by atoms with van der Waals surface area (Å²) in [6.45, 7) is 8.07. The van der Waals surface area contributed by atoms with Gasteiger partial charge in [-0.2, -0.15) is 0 Å². The molecule has 25 heavy (non-hydrogen) atoms. The number of carbonyl (C=O) groups excluding carboxylic acids is 1. The van der Waals surface area contributed by atoms with Crippen LogP contribution < -0.4 is 16.0 Å². The number of rotatable bonds is 3. The van der Waals surface area contributed by atoms with Gasteiger partial charge in [0, 0.05) is 11.4 Å². The molecule has 1 saturated heterocycles. The molecule has 1 fully saturated rings. The summed E-state index contributed by atoms with van der Waals surface area (Å²) in [6, 6.07) is 15.5. The van der Waals surface area contributed by atoms with E-state index in [1.54, 1.807) is 0 Å². The van der Waals surface area contributed by atoms with Gasteiger partial charge in [-0.3, -0.25) is 4.79 Å². The first-order valence-electron chi connectivity index (χ1n) is 8.15. The van der Waals surface area contributed by atoms with Gasteiger partial charge < -0.3 is 16.0 Å². The minimum atomic E-state index is -0.478. The Balaban J connectivity index is 1.91. The van der Waals surface area contributed by atoms with Crippen LogP contribution in [0.15, 0.2) is 60.8 Å². The first-order valence-corrected chi connectivity index (χ1v) is 8.56. The zero-order chi connectivity index (χ0) is 18.0. The molecule has 4 nitrogen and oxygen atoms in total. The van der Waals surface area contributed by atoms with Gasteiger partial charge in [0.2, 0.25) is 5.91 Å². The van der Waals surface area contributed by atoms with Crippen LogP contribution in [0.3, 0.4) is 0 Å². The second-order valence-electron chi connectivity index (χ2n) is 6.29. The van der Waals surface area contributed by atoms with Gasteiger partial charge in [0.25, 0.3) is 0 Å². The highest BCUT2D eigenvalue weighted by molar-refractivity contribution is 7.80. The van der Waals surface area contributed by atoms with Gasteiger partial charge in [0.15, 0.2) is 5.11 Å². The molecule has 2 aromatic carbocycles. The third-order valence-electron chi connectivity index (χ3n) is 4.39. The zero-order valence-electron chi connectivity index (χ0n) is 14.3. The van der Waals surface area contributed by atoms with E-state index in [0.29, 0.717) is 10.8 Å². The number of hydrogen-bond acceptors (Lipinski definition) is 2. The Hall–Kier alpha value is -2.66. The normalized spacial score (nSPS) is 19.8. The lowest BCUT2D eigenvalue weighted by Crippen LogP contribution is -2.51. The van der Waals surface area contributed by atoms with Crippen molar-refractivity contribution in [3.63, 3.8) is 0 Å². The summed E-state index contributed by atoms with van der Waals surface area (Å²) in [5.41, 5.74) is 4.65. The first-order chi connectivity index (χ1) is 12.0. The van der Waals surface area contributed by atoms with Crippen molar-refractivity contribution in [1.82, 2.24) is 10.6 Å². The molecule has 0 bridgehead atoms. The minimum absolute atomic E-state index is 0.121. The van der Waals surface area contributed by atoms with Crippen LogP contribution in [0, 0.1) is 19.8 Å². The van der Waals surface area contributed by atoms with E-state index < -0.39 is 5.92 Å². The van der Waals surface area contributed by atoms with E-state index in [1.807, 2.05) is 62.4 Å². The van der Waals surface area contributed by atoms with E-state index in [9.17, 15) is 4.79 Å². The summed E-state index contributed by atoms with van der Waals surface area (Å²) < 4.78 is 0. The van der Waals surface area contributed by atoms with Crippen molar-refractivity contribution in [1.29, 1.82) is 0 Å². The molecular formula is C20H21N3OS. The monoisotopic (exact) mass is 351 g/mol. The van der Waals surface area contributed by atoms with Gasteiger partial charge in [0.1, 0.15) is 5.92 Å². The number of thiocarbonyl (C=S) groups is 1. The minimum Gasteiger partial charge on any atom is -0.354 e. The Bertz CT molecular complexity index is 829. The molecule has 0 aromatic heterocycles. The standard InChI is InChI=1S/C20H21N3OS/c1-12-8-10-15(11-9-12)22-19(24)17-14(3)21-20(25)23-18(17)16-7-5-4-6-13(16)2/h4-11,17-18H,3H2,1-2H3,(H,22,24)(H2,21,23,25)/t17-,18+/m1/s1. The van der Waals surface area contributed by atoms with Gasteiger partial charge in [-0.05, 0) is 49.3 Å². The quantitative estimate of drug-likeness (QED) is 0.740. The second kappa shape index (κ2) is 7.07. The van der Waals surface area contributed by atoms with Crippen LogP contribution in [0.5, 0.6) is 0 Å². The molecule has 0 saturated carbocycles. The van der Waals surface area contributed by atoms with E-state index in [4.69, 9.17) is 12.2 Å². The van der Waals surface area contributed by atoms with Crippen molar-refractivity contribution in [2.24, 2.45) is 5.92 Å². The predicted molar refractivity (Wildman–Crippen MR) is 105 cm³/mol. The van der Waals surface area contributed by atoms with Crippen LogP contribution in [-0.4, -0.2) is 11.0 Å². The van der Waals surface area contributed by atoms with Crippen molar-refractivity contribution in [3.8, 4) is 0 Å². The van der Waals surface area contributed by atoms with Crippen LogP contribution in [0.4, 0.5) is 5.69 Å². The molecule has 2 atom stereocenters. The maximum atomic E-state index is 13.0. The Kier molecular flexibility index (Phi) is 4.86. The Morgan fingerprint density at radius 2 is 1.80 bits per heavy atom. The number of amides is 1. The maximum absolute atomic E-state index is 13.0. The lowest BCUT2D eigenvalue weighted by atomic mass is 9.86. The predicted octanol–water partition coefficient (Wildman–Crippen LogP) is 3.59. The lowest BCUT2D eigenvalue weighted by Gasteiger charge is -2.36. The van der Waals surface area contributed by atoms with Gasteiger partial charge in [-0.15, -0.1) is 0 Å². The van der Waals surface area contributed by atoms with Gasteiger partial charge in [0.05, 0.1) is 6.04 Å². The second-order valence-corrected chi connectivity index (χ2v) is 6.70. The topological polar surface area (TPSA) is 53.2 Å². The largest absolute Gasteiger partial charge is 0.354 e. The molecule has 2 aromatic rings. The van der Waals surface area contributed by atoms with Gasteiger partial charge in [-0.25, -0.2) is 0 Å². The van der Waals surface area contributed by atoms with E-state index in [-0.39, 0.29) is 11.9 Å². The Morgan fingerprint density at radius 1 is 1.12 bits per heavy atom. The fourth-order valence-corrected chi connectivity index (χ4v) is 3.30. The summed E-state index contributed by atoms with van der Waals surface area (Å²) >= 11 is 5.27. The van der Waals surface area contributed by atoms with Crippen LogP contribution in [-0.2, 0) is 4.79 Å². The molecule has 0 aliphatic carbocycles. The average Bonchev–Trinajstić information content (AvgIpc) is 2.56. The summed E-state index contributed by atoms with van der Waals surface area (Å²) in [5.74, 6) is -0.598. The molecule has 128 valence electrons. The third kappa shape index (κ3) is 3.72. The van der Waals surface area contributed by atoms with E-state index in [1.165, 1.54) is 0 Å². The van der Waals surface area contributed by atoms with E-state index >= 15 is 0 Å². The molecular weight excluding hydrogens is 330 g/mol. The summed E-state index contributed by atoms with van der Waals surface area (Å²) in [6.07, 6.45) is 0. The number of aryl methyl sites for hydroxylation is 2. The number of benzene rings is 2. The number of hydrogen-bond donors (Lipinski definition) is 3. The van der Waals surface area contributed by atoms with Gasteiger partial charge >= 0.3 is 0 Å². The smallest absolute Gasteiger partial charge is 0.235 e.